The van der Waals surface area contributed by atoms with Gasteiger partial charge in [0.05, 0.1) is 19.9 Å². The highest BCUT2D eigenvalue weighted by Gasteiger charge is 2.36. The van der Waals surface area contributed by atoms with Crippen molar-refractivity contribution in [2.45, 2.75) is 70.9 Å². The van der Waals surface area contributed by atoms with E-state index in [0.29, 0.717) is 30.5 Å². The van der Waals surface area contributed by atoms with Crippen LogP contribution in [0.1, 0.15) is 78.8 Å². The van der Waals surface area contributed by atoms with Crippen molar-refractivity contribution in [3.63, 3.8) is 0 Å². The van der Waals surface area contributed by atoms with Gasteiger partial charge in [0.15, 0.2) is 0 Å². The smallest absolute Gasteiger partial charge is 0.133 e. The maximum absolute atomic E-state index is 12.5. The molecule has 0 aliphatic heterocycles. The van der Waals surface area contributed by atoms with Crippen LogP contribution in [-0.2, 0) is 17.9 Å². The van der Waals surface area contributed by atoms with Crippen LogP contribution in [0.25, 0.3) is 0 Å². The third-order valence-corrected chi connectivity index (χ3v) is 8.02. The zero-order chi connectivity index (χ0) is 25.9. The number of anilines is 1. The topological polar surface area (TPSA) is 51.7 Å². The molecule has 1 heterocycles. The van der Waals surface area contributed by atoms with Crippen LogP contribution in [0.15, 0.2) is 54.6 Å². The lowest BCUT2D eigenvalue weighted by molar-refractivity contribution is -0.121. The van der Waals surface area contributed by atoms with E-state index in [0.717, 1.165) is 36.8 Å². The maximum atomic E-state index is 12.5. The number of hydrogen-bond acceptors (Lipinski definition) is 5. The van der Waals surface area contributed by atoms with Crippen LogP contribution >= 0.6 is 0 Å². The van der Waals surface area contributed by atoms with Crippen LogP contribution < -0.4 is 14.4 Å². The van der Waals surface area contributed by atoms with Gasteiger partial charge in [0.1, 0.15) is 23.1 Å². The number of aromatic nitrogens is 1. The summed E-state index contributed by atoms with van der Waals surface area (Å²) >= 11 is 0. The van der Waals surface area contributed by atoms with Crippen LogP contribution in [-0.4, -0.2) is 25.0 Å². The standard InChI is InChI=1S/C32H38N2O3/c1-21-5-12-26(35)18-29(21)32-31(25-10-11-25)22(2)17-30(33-32)34(19-23-6-13-27(36-3)14-7-23)20-24-8-15-28(37-4)16-9-24/h6-9,13-17,21,25,29H,5,10-12,18-20H2,1-4H3. The number of hydrogen-bond donors (Lipinski definition) is 0. The molecule has 0 amide bonds. The number of methoxy groups -OCH3 is 2. The summed E-state index contributed by atoms with van der Waals surface area (Å²) in [7, 11) is 3.38. The van der Waals surface area contributed by atoms with E-state index in [9.17, 15) is 4.79 Å². The minimum Gasteiger partial charge on any atom is -0.497 e. The maximum Gasteiger partial charge on any atom is 0.133 e. The summed E-state index contributed by atoms with van der Waals surface area (Å²) in [5, 5.41) is 0. The van der Waals surface area contributed by atoms with Crippen molar-refractivity contribution in [1.82, 2.24) is 4.98 Å². The van der Waals surface area contributed by atoms with E-state index in [-0.39, 0.29) is 5.92 Å². The van der Waals surface area contributed by atoms with Gasteiger partial charge in [-0.3, -0.25) is 4.79 Å². The Kier molecular flexibility index (Phi) is 7.50. The normalized spacial score (nSPS) is 19.5. The fourth-order valence-corrected chi connectivity index (χ4v) is 5.66. The van der Waals surface area contributed by atoms with E-state index in [1.807, 2.05) is 24.3 Å². The van der Waals surface area contributed by atoms with E-state index in [4.69, 9.17) is 14.5 Å². The Labute approximate surface area is 220 Å². The number of carbonyl (C=O) groups excluding carboxylic acids is 1. The molecule has 5 nitrogen and oxygen atoms in total. The summed E-state index contributed by atoms with van der Waals surface area (Å²) in [4.78, 5) is 20.3. The predicted molar refractivity (Wildman–Crippen MR) is 148 cm³/mol. The molecule has 0 saturated heterocycles. The Morgan fingerprint density at radius 1 is 0.892 bits per heavy atom. The molecule has 2 aliphatic carbocycles. The second-order valence-corrected chi connectivity index (χ2v) is 10.8. The SMILES string of the molecule is COc1ccc(CN(Cc2ccc(OC)cc2)c2cc(C)c(C3CC3)c(C3CC(=O)CCC3C)n2)cc1. The quantitative estimate of drug-likeness (QED) is 0.319. The minimum atomic E-state index is 0.208. The number of carbonyl (C=O) groups is 1. The number of benzene rings is 2. The van der Waals surface area contributed by atoms with Crippen LogP contribution in [0.5, 0.6) is 11.5 Å². The van der Waals surface area contributed by atoms with E-state index in [2.05, 4.69) is 49.1 Å². The van der Waals surface area contributed by atoms with Crippen molar-refractivity contribution < 1.29 is 14.3 Å². The summed E-state index contributed by atoms with van der Waals surface area (Å²) < 4.78 is 10.7. The highest BCUT2D eigenvalue weighted by Crippen LogP contribution is 2.48. The number of ketones is 1. The van der Waals surface area contributed by atoms with E-state index in [1.165, 1.54) is 40.8 Å². The molecule has 0 spiro atoms. The molecule has 2 unspecified atom stereocenters. The van der Waals surface area contributed by atoms with E-state index in [1.54, 1.807) is 14.2 Å². The Morgan fingerprint density at radius 2 is 1.46 bits per heavy atom. The molecular formula is C32H38N2O3. The molecule has 2 fully saturated rings. The number of Topliss-reactive ketones (excluding diaryl/α,β-unsaturated/α-hetero) is 1. The van der Waals surface area contributed by atoms with Gasteiger partial charge >= 0.3 is 0 Å². The Hall–Kier alpha value is -3.34. The first-order chi connectivity index (χ1) is 17.9. The van der Waals surface area contributed by atoms with E-state index >= 15 is 0 Å². The lowest BCUT2D eigenvalue weighted by Gasteiger charge is -2.32. The van der Waals surface area contributed by atoms with Crippen molar-refractivity contribution in [3.05, 3.63) is 82.5 Å². The first-order valence-electron chi connectivity index (χ1n) is 13.5. The van der Waals surface area contributed by atoms with Gasteiger partial charge in [0.2, 0.25) is 0 Å². The van der Waals surface area contributed by atoms with Crippen molar-refractivity contribution >= 4 is 11.6 Å². The highest BCUT2D eigenvalue weighted by molar-refractivity contribution is 5.80. The molecule has 0 N–H and O–H groups in total. The second kappa shape index (κ2) is 11.0. The molecule has 2 saturated carbocycles. The van der Waals surface area contributed by atoms with Crippen LogP contribution in [0.3, 0.4) is 0 Å². The lowest BCUT2D eigenvalue weighted by atomic mass is 9.75. The van der Waals surface area contributed by atoms with Gasteiger partial charge in [0.25, 0.3) is 0 Å². The molecule has 5 rings (SSSR count). The van der Waals surface area contributed by atoms with Gasteiger partial charge in [-0.2, -0.15) is 0 Å². The summed E-state index contributed by atoms with van der Waals surface area (Å²) in [6.45, 7) is 5.98. The second-order valence-electron chi connectivity index (χ2n) is 10.8. The number of rotatable bonds is 9. The van der Waals surface area contributed by atoms with Crippen LogP contribution in [0.4, 0.5) is 5.82 Å². The molecule has 1 aromatic heterocycles. The molecule has 3 aromatic rings. The van der Waals surface area contributed by atoms with Gasteiger partial charge in [-0.05, 0) is 90.6 Å². The van der Waals surface area contributed by atoms with Crippen molar-refractivity contribution in [2.24, 2.45) is 5.92 Å². The summed E-state index contributed by atoms with van der Waals surface area (Å²) in [6.07, 6.45) is 4.74. The van der Waals surface area contributed by atoms with Crippen molar-refractivity contribution in [1.29, 1.82) is 0 Å². The molecule has 0 bridgehead atoms. The number of aryl methyl sites for hydroxylation is 1. The summed E-state index contributed by atoms with van der Waals surface area (Å²) in [5.74, 6) is 4.33. The first-order valence-corrected chi connectivity index (χ1v) is 13.5. The Morgan fingerprint density at radius 3 is 1.97 bits per heavy atom. The fourth-order valence-electron chi connectivity index (χ4n) is 5.66. The van der Waals surface area contributed by atoms with Gasteiger partial charge < -0.3 is 14.4 Å². The molecular weight excluding hydrogens is 460 g/mol. The molecule has 5 heteroatoms. The van der Waals surface area contributed by atoms with Gasteiger partial charge in [-0.15, -0.1) is 0 Å². The monoisotopic (exact) mass is 498 g/mol. The Bertz CT molecular complexity index is 1180. The molecule has 2 atom stereocenters. The number of pyridine rings is 1. The molecule has 0 radical (unpaired) electrons. The zero-order valence-electron chi connectivity index (χ0n) is 22.5. The van der Waals surface area contributed by atoms with Crippen molar-refractivity contribution in [3.8, 4) is 11.5 Å². The van der Waals surface area contributed by atoms with Gasteiger partial charge in [-0.1, -0.05) is 31.2 Å². The molecule has 2 aromatic carbocycles. The van der Waals surface area contributed by atoms with E-state index < -0.39 is 0 Å². The largest absolute Gasteiger partial charge is 0.497 e. The molecule has 2 aliphatic rings. The third-order valence-electron chi connectivity index (χ3n) is 8.02. The minimum absolute atomic E-state index is 0.208. The van der Waals surface area contributed by atoms with Gasteiger partial charge in [-0.25, -0.2) is 4.98 Å². The van der Waals surface area contributed by atoms with Crippen molar-refractivity contribution in [2.75, 3.05) is 19.1 Å². The number of nitrogens with zero attached hydrogens (tertiary/aromatic N) is 2. The average Bonchev–Trinajstić information content (AvgIpc) is 3.75. The molecule has 194 valence electrons. The van der Waals surface area contributed by atoms with Crippen LogP contribution in [0.2, 0.25) is 0 Å². The Balaban J connectivity index is 1.54. The zero-order valence-corrected chi connectivity index (χ0v) is 22.5. The lowest BCUT2D eigenvalue weighted by Crippen LogP contribution is -2.27. The third kappa shape index (κ3) is 5.82. The summed E-state index contributed by atoms with van der Waals surface area (Å²) in [5.41, 5.74) is 6.28. The highest BCUT2D eigenvalue weighted by atomic mass is 16.5. The predicted octanol–water partition coefficient (Wildman–Crippen LogP) is 6.96. The van der Waals surface area contributed by atoms with Gasteiger partial charge in [0, 0.05) is 31.8 Å². The number of ether oxygens (including phenoxy) is 2. The summed E-state index contributed by atoms with van der Waals surface area (Å²) in [6, 6.07) is 18.8. The van der Waals surface area contributed by atoms with Crippen LogP contribution in [0, 0.1) is 12.8 Å². The molecule has 37 heavy (non-hydrogen) atoms. The fraction of sp³-hybridized carbons (Fsp3) is 0.438. The first kappa shape index (κ1) is 25.3. The average molecular weight is 499 g/mol.